The molecule has 0 aromatic carbocycles. The van der Waals surface area contributed by atoms with Gasteiger partial charge in [-0.3, -0.25) is 4.79 Å². The summed E-state index contributed by atoms with van der Waals surface area (Å²) in [6.45, 7) is 12.9. The van der Waals surface area contributed by atoms with Gasteiger partial charge < -0.3 is 10.6 Å². The topological polar surface area (TPSA) is 41.1 Å². The van der Waals surface area contributed by atoms with E-state index >= 15 is 0 Å². The van der Waals surface area contributed by atoms with E-state index in [2.05, 4.69) is 23.6 Å². The summed E-state index contributed by atoms with van der Waals surface area (Å²) >= 11 is 0. The van der Waals surface area contributed by atoms with Crippen molar-refractivity contribution in [3.8, 4) is 0 Å². The van der Waals surface area contributed by atoms with Crippen LogP contribution >= 0.6 is 0 Å². The van der Waals surface area contributed by atoms with Gasteiger partial charge in [0.2, 0.25) is 5.91 Å². The molecular weight excluding hydrogens is 200 g/mol. The molecule has 2 N–H and O–H groups in total. The average molecular weight is 226 g/mol. The van der Waals surface area contributed by atoms with E-state index in [1.54, 1.807) is 0 Å². The third-order valence-corrected chi connectivity index (χ3v) is 2.67. The van der Waals surface area contributed by atoms with Crippen molar-refractivity contribution in [2.24, 2.45) is 0 Å². The van der Waals surface area contributed by atoms with Crippen LogP contribution in [0.3, 0.4) is 0 Å². The molecule has 0 aromatic heterocycles. The molecule has 0 radical (unpaired) electrons. The number of carbonyl (C=O) groups excluding carboxylic acids is 1. The van der Waals surface area contributed by atoms with E-state index in [1.807, 2.05) is 34.6 Å². The minimum atomic E-state index is -0.151. The highest BCUT2D eigenvalue weighted by molar-refractivity contribution is 5.81. The van der Waals surface area contributed by atoms with Crippen molar-refractivity contribution in [2.45, 2.75) is 59.5 Å². The number of nitrogens with one attached hydrogen (secondary N) is 2. The van der Waals surface area contributed by atoms with E-state index in [0.717, 1.165) is 13.0 Å². The molecular formula is C13H26N2O. The van der Waals surface area contributed by atoms with E-state index < -0.39 is 0 Å². The van der Waals surface area contributed by atoms with Gasteiger partial charge in [-0.15, -0.1) is 0 Å². The standard InChI is InChI=1S/C13H26N2O/c1-7-13(5,6)15-12(16)11(4)14-9-8-10(2)3/h8,11,14H,7,9H2,1-6H3,(H,15,16). The van der Waals surface area contributed by atoms with Gasteiger partial charge in [-0.1, -0.05) is 18.6 Å². The first-order valence-electron chi connectivity index (χ1n) is 5.97. The molecule has 0 fully saturated rings. The molecule has 94 valence electrons. The Morgan fingerprint density at radius 2 is 1.94 bits per heavy atom. The third-order valence-electron chi connectivity index (χ3n) is 2.67. The average Bonchev–Trinajstić information content (AvgIpc) is 2.16. The molecule has 16 heavy (non-hydrogen) atoms. The molecule has 0 aromatic rings. The second-order valence-corrected chi connectivity index (χ2v) is 5.14. The minimum Gasteiger partial charge on any atom is -0.350 e. The fourth-order valence-electron chi connectivity index (χ4n) is 1.06. The Hall–Kier alpha value is -0.830. The Balaban J connectivity index is 4.05. The van der Waals surface area contributed by atoms with Gasteiger partial charge in [-0.05, 0) is 41.0 Å². The van der Waals surface area contributed by atoms with Crippen LogP contribution in [0.4, 0.5) is 0 Å². The minimum absolute atomic E-state index is 0.0639. The summed E-state index contributed by atoms with van der Waals surface area (Å²) in [6.07, 6.45) is 3.01. The summed E-state index contributed by atoms with van der Waals surface area (Å²) in [5.74, 6) is 0.0639. The molecule has 0 rings (SSSR count). The van der Waals surface area contributed by atoms with Crippen molar-refractivity contribution in [1.82, 2.24) is 10.6 Å². The van der Waals surface area contributed by atoms with Crippen LogP contribution in [0, 0.1) is 0 Å². The van der Waals surface area contributed by atoms with Crippen LogP contribution in [0.1, 0.15) is 48.0 Å². The molecule has 1 amide bonds. The van der Waals surface area contributed by atoms with Gasteiger partial charge in [-0.25, -0.2) is 0 Å². The van der Waals surface area contributed by atoms with Crippen LogP contribution in [-0.4, -0.2) is 24.0 Å². The van der Waals surface area contributed by atoms with Crippen molar-refractivity contribution in [2.75, 3.05) is 6.54 Å². The largest absolute Gasteiger partial charge is 0.350 e. The molecule has 0 bridgehead atoms. The Labute approximate surface area is 99.7 Å². The maximum atomic E-state index is 11.8. The van der Waals surface area contributed by atoms with E-state index in [1.165, 1.54) is 5.57 Å². The van der Waals surface area contributed by atoms with Gasteiger partial charge in [0.05, 0.1) is 6.04 Å². The monoisotopic (exact) mass is 226 g/mol. The Kier molecular flexibility index (Phi) is 6.34. The number of hydrogen-bond donors (Lipinski definition) is 2. The van der Waals surface area contributed by atoms with Crippen molar-refractivity contribution in [1.29, 1.82) is 0 Å². The molecule has 0 aliphatic carbocycles. The predicted octanol–water partition coefficient (Wildman–Crippen LogP) is 2.24. The highest BCUT2D eigenvalue weighted by Gasteiger charge is 2.20. The van der Waals surface area contributed by atoms with Crippen LogP contribution in [0.15, 0.2) is 11.6 Å². The molecule has 0 aliphatic heterocycles. The second kappa shape index (κ2) is 6.69. The van der Waals surface area contributed by atoms with Crippen molar-refractivity contribution in [3.63, 3.8) is 0 Å². The van der Waals surface area contributed by atoms with Crippen LogP contribution < -0.4 is 10.6 Å². The number of amides is 1. The van der Waals surface area contributed by atoms with E-state index in [4.69, 9.17) is 0 Å². The first kappa shape index (κ1) is 15.2. The SMILES string of the molecule is CCC(C)(C)NC(=O)C(C)NCC=C(C)C. The molecule has 3 heteroatoms. The third kappa shape index (κ3) is 6.62. The highest BCUT2D eigenvalue weighted by atomic mass is 16.2. The maximum absolute atomic E-state index is 11.8. The van der Waals surface area contributed by atoms with Gasteiger partial charge >= 0.3 is 0 Å². The molecule has 3 nitrogen and oxygen atoms in total. The van der Waals surface area contributed by atoms with Gasteiger partial charge in [0.15, 0.2) is 0 Å². The van der Waals surface area contributed by atoms with Gasteiger partial charge in [0.1, 0.15) is 0 Å². The fraction of sp³-hybridized carbons (Fsp3) is 0.769. The summed E-state index contributed by atoms with van der Waals surface area (Å²) in [5, 5.41) is 6.19. The summed E-state index contributed by atoms with van der Waals surface area (Å²) in [6, 6.07) is -0.151. The molecule has 0 saturated heterocycles. The number of rotatable bonds is 6. The molecule has 1 unspecified atom stereocenters. The van der Waals surface area contributed by atoms with E-state index in [-0.39, 0.29) is 17.5 Å². The number of hydrogen-bond acceptors (Lipinski definition) is 2. The zero-order valence-electron chi connectivity index (χ0n) is 11.5. The van der Waals surface area contributed by atoms with Crippen molar-refractivity contribution >= 4 is 5.91 Å². The first-order valence-corrected chi connectivity index (χ1v) is 5.97. The maximum Gasteiger partial charge on any atom is 0.237 e. The van der Waals surface area contributed by atoms with Crippen LogP contribution in [-0.2, 0) is 4.79 Å². The Morgan fingerprint density at radius 1 is 1.38 bits per heavy atom. The van der Waals surface area contributed by atoms with Crippen molar-refractivity contribution in [3.05, 3.63) is 11.6 Å². The Bertz CT molecular complexity index is 253. The van der Waals surface area contributed by atoms with Gasteiger partial charge in [-0.2, -0.15) is 0 Å². The zero-order valence-corrected chi connectivity index (χ0v) is 11.5. The smallest absolute Gasteiger partial charge is 0.237 e. The van der Waals surface area contributed by atoms with Crippen LogP contribution in [0.5, 0.6) is 0 Å². The molecule has 0 saturated carbocycles. The quantitative estimate of drug-likeness (QED) is 0.682. The summed E-state index contributed by atoms with van der Waals surface area (Å²) in [7, 11) is 0. The normalized spacial score (nSPS) is 13.1. The summed E-state index contributed by atoms with van der Waals surface area (Å²) < 4.78 is 0. The zero-order chi connectivity index (χ0) is 12.8. The lowest BCUT2D eigenvalue weighted by molar-refractivity contribution is -0.124. The summed E-state index contributed by atoms with van der Waals surface area (Å²) in [5.41, 5.74) is 1.14. The van der Waals surface area contributed by atoms with Gasteiger partial charge in [0.25, 0.3) is 0 Å². The first-order chi connectivity index (χ1) is 7.28. The van der Waals surface area contributed by atoms with Crippen LogP contribution in [0.2, 0.25) is 0 Å². The van der Waals surface area contributed by atoms with Crippen molar-refractivity contribution < 1.29 is 4.79 Å². The number of carbonyl (C=O) groups is 1. The summed E-state index contributed by atoms with van der Waals surface area (Å²) in [4.78, 5) is 11.8. The van der Waals surface area contributed by atoms with Gasteiger partial charge in [0, 0.05) is 12.1 Å². The highest BCUT2D eigenvalue weighted by Crippen LogP contribution is 2.06. The lowest BCUT2D eigenvalue weighted by Gasteiger charge is -2.26. The molecule has 0 spiro atoms. The Morgan fingerprint density at radius 3 is 2.38 bits per heavy atom. The molecule has 1 atom stereocenters. The lowest BCUT2D eigenvalue weighted by atomic mass is 10.0. The fourth-order valence-corrected chi connectivity index (χ4v) is 1.06. The second-order valence-electron chi connectivity index (χ2n) is 5.14. The van der Waals surface area contributed by atoms with E-state index in [0.29, 0.717) is 0 Å². The van der Waals surface area contributed by atoms with Crippen LogP contribution in [0.25, 0.3) is 0 Å². The molecule has 0 aliphatic rings. The lowest BCUT2D eigenvalue weighted by Crippen LogP contribution is -2.50. The number of allylic oxidation sites excluding steroid dienone is 1. The van der Waals surface area contributed by atoms with E-state index in [9.17, 15) is 4.79 Å². The predicted molar refractivity (Wildman–Crippen MR) is 69.4 cm³/mol. The molecule has 0 heterocycles.